The predicted octanol–water partition coefficient (Wildman–Crippen LogP) is 1.86. The second-order valence-corrected chi connectivity index (χ2v) is 6.27. The Kier molecular flexibility index (Phi) is 4.67. The Morgan fingerprint density at radius 1 is 1.40 bits per heavy atom. The molecule has 8 heteroatoms. The zero-order valence-corrected chi connectivity index (χ0v) is 14.8. The first-order valence-electron chi connectivity index (χ1n) is 8.02. The monoisotopic (exact) mass is 362 g/mol. The number of rotatable bonds is 5. The van der Waals surface area contributed by atoms with Crippen LogP contribution in [-0.2, 0) is 16.1 Å². The van der Waals surface area contributed by atoms with Gasteiger partial charge in [-0.1, -0.05) is 23.7 Å². The van der Waals surface area contributed by atoms with Crippen LogP contribution in [0.15, 0.2) is 36.7 Å². The van der Waals surface area contributed by atoms with Crippen molar-refractivity contribution in [3.63, 3.8) is 0 Å². The molecule has 1 N–H and O–H groups in total. The summed E-state index contributed by atoms with van der Waals surface area (Å²) >= 11 is 5.80. The van der Waals surface area contributed by atoms with E-state index in [-0.39, 0.29) is 5.91 Å². The van der Waals surface area contributed by atoms with Gasteiger partial charge in [-0.25, -0.2) is 0 Å². The number of halogens is 1. The number of ether oxygens (including phenoxy) is 1. The van der Waals surface area contributed by atoms with Gasteiger partial charge in [-0.15, -0.1) is 0 Å². The van der Waals surface area contributed by atoms with Crippen LogP contribution in [0.2, 0.25) is 5.02 Å². The molecule has 0 fully saturated rings. The summed E-state index contributed by atoms with van der Waals surface area (Å²) in [7, 11) is 0. The van der Waals surface area contributed by atoms with Crippen LogP contribution >= 0.6 is 11.6 Å². The molecular formula is C17H19ClN4O3. The fourth-order valence-electron chi connectivity index (χ4n) is 2.77. The molecule has 1 aliphatic heterocycles. The standard InChI is InChI=1S/C17H19ClN4O3/c1-3-22-13-6-4-5-7-14(13)25-17(2,16(22)24)15(23)19-8-9-21-11-12(18)10-20-21/h4-7,10-11H,3,8-9H2,1-2H3,(H,19,23). The number of fused-ring (bicyclic) bond motifs is 1. The van der Waals surface area contributed by atoms with Gasteiger partial charge in [0.05, 0.1) is 23.5 Å². The zero-order valence-electron chi connectivity index (χ0n) is 14.0. The number of aromatic nitrogens is 2. The summed E-state index contributed by atoms with van der Waals surface area (Å²) in [5, 5.41) is 7.31. The van der Waals surface area contributed by atoms with Gasteiger partial charge in [0.1, 0.15) is 5.75 Å². The molecule has 0 saturated heterocycles. The number of hydrogen-bond donors (Lipinski definition) is 1. The summed E-state index contributed by atoms with van der Waals surface area (Å²) in [4.78, 5) is 27.0. The summed E-state index contributed by atoms with van der Waals surface area (Å²) in [5.74, 6) is -0.350. The van der Waals surface area contributed by atoms with E-state index in [1.165, 1.54) is 13.1 Å². The summed E-state index contributed by atoms with van der Waals surface area (Å²) < 4.78 is 7.40. The third kappa shape index (κ3) is 3.19. The number of carbonyl (C=O) groups excluding carboxylic acids is 2. The van der Waals surface area contributed by atoms with Crippen molar-refractivity contribution in [2.75, 3.05) is 18.0 Å². The van der Waals surface area contributed by atoms with Crippen molar-refractivity contribution in [2.45, 2.75) is 26.0 Å². The summed E-state index contributed by atoms with van der Waals surface area (Å²) in [6.07, 6.45) is 3.18. The first-order valence-corrected chi connectivity index (χ1v) is 8.39. The van der Waals surface area contributed by atoms with Crippen molar-refractivity contribution < 1.29 is 14.3 Å². The van der Waals surface area contributed by atoms with E-state index >= 15 is 0 Å². The van der Waals surface area contributed by atoms with Crippen LogP contribution in [0.5, 0.6) is 5.75 Å². The van der Waals surface area contributed by atoms with Crippen molar-refractivity contribution in [1.29, 1.82) is 0 Å². The maximum Gasteiger partial charge on any atom is 0.280 e. The first kappa shape index (κ1) is 17.3. The molecule has 1 aromatic carbocycles. The zero-order chi connectivity index (χ0) is 18.0. The topological polar surface area (TPSA) is 76.5 Å². The van der Waals surface area contributed by atoms with Gasteiger partial charge in [0.25, 0.3) is 17.4 Å². The van der Waals surface area contributed by atoms with Crippen molar-refractivity contribution in [1.82, 2.24) is 15.1 Å². The normalized spacial score (nSPS) is 19.3. The number of amides is 2. The lowest BCUT2D eigenvalue weighted by Crippen LogP contribution is -2.62. The van der Waals surface area contributed by atoms with Gasteiger partial charge in [0.2, 0.25) is 0 Å². The van der Waals surface area contributed by atoms with E-state index < -0.39 is 11.5 Å². The maximum absolute atomic E-state index is 12.8. The minimum atomic E-state index is -1.61. The molecule has 1 atom stereocenters. The summed E-state index contributed by atoms with van der Waals surface area (Å²) in [6.45, 7) is 4.55. The molecular weight excluding hydrogens is 344 g/mol. The van der Waals surface area contributed by atoms with Gasteiger partial charge < -0.3 is 15.0 Å². The molecule has 0 radical (unpaired) electrons. The lowest BCUT2D eigenvalue weighted by molar-refractivity contribution is -0.148. The number of anilines is 1. The third-order valence-corrected chi connectivity index (χ3v) is 4.30. The number of hydrogen-bond acceptors (Lipinski definition) is 4. The van der Waals surface area contributed by atoms with Crippen LogP contribution < -0.4 is 15.0 Å². The fourth-order valence-corrected chi connectivity index (χ4v) is 2.92. The first-order chi connectivity index (χ1) is 12.0. The van der Waals surface area contributed by atoms with Crippen LogP contribution in [0.3, 0.4) is 0 Å². The highest BCUT2D eigenvalue weighted by Gasteiger charge is 2.50. The van der Waals surface area contributed by atoms with Crippen molar-refractivity contribution in [2.24, 2.45) is 0 Å². The number of likely N-dealkylation sites (N-methyl/N-ethyl adjacent to an activating group) is 1. The number of carbonyl (C=O) groups is 2. The van der Waals surface area contributed by atoms with Gasteiger partial charge >= 0.3 is 0 Å². The Balaban J connectivity index is 1.73. The van der Waals surface area contributed by atoms with Gasteiger partial charge in [-0.3, -0.25) is 14.3 Å². The van der Waals surface area contributed by atoms with E-state index in [2.05, 4.69) is 10.4 Å². The molecule has 2 aromatic rings. The highest BCUT2D eigenvalue weighted by molar-refractivity contribution is 6.30. The summed E-state index contributed by atoms with van der Waals surface area (Å²) in [6, 6.07) is 7.19. The van der Waals surface area contributed by atoms with E-state index in [0.717, 1.165) is 0 Å². The van der Waals surface area contributed by atoms with Crippen molar-refractivity contribution in [3.8, 4) is 5.75 Å². The Morgan fingerprint density at radius 3 is 2.84 bits per heavy atom. The van der Waals surface area contributed by atoms with Gasteiger partial charge in [0.15, 0.2) is 0 Å². The number of nitrogens with zero attached hydrogens (tertiary/aromatic N) is 3. The Hall–Kier alpha value is -2.54. The minimum absolute atomic E-state index is 0.302. The van der Waals surface area contributed by atoms with Crippen LogP contribution in [0.1, 0.15) is 13.8 Å². The largest absolute Gasteiger partial charge is 0.466 e. The Labute approximate surface area is 150 Å². The molecule has 132 valence electrons. The van der Waals surface area contributed by atoms with E-state index in [1.807, 2.05) is 19.1 Å². The minimum Gasteiger partial charge on any atom is -0.466 e. The number of para-hydroxylation sites is 2. The average Bonchev–Trinajstić information content (AvgIpc) is 3.01. The second kappa shape index (κ2) is 6.76. The van der Waals surface area contributed by atoms with Gasteiger partial charge in [-0.2, -0.15) is 5.10 Å². The number of benzene rings is 1. The Bertz CT molecular complexity index is 807. The molecule has 25 heavy (non-hydrogen) atoms. The third-order valence-electron chi connectivity index (χ3n) is 4.10. The molecule has 2 heterocycles. The highest BCUT2D eigenvalue weighted by atomic mass is 35.5. The quantitative estimate of drug-likeness (QED) is 0.824. The molecule has 0 spiro atoms. The van der Waals surface area contributed by atoms with Crippen LogP contribution in [0, 0.1) is 0 Å². The lowest BCUT2D eigenvalue weighted by Gasteiger charge is -2.39. The SMILES string of the molecule is CCN1C(=O)C(C)(C(=O)NCCn2cc(Cl)cn2)Oc2ccccc21. The van der Waals surface area contributed by atoms with Crippen LogP contribution in [-0.4, -0.2) is 40.3 Å². The van der Waals surface area contributed by atoms with E-state index in [9.17, 15) is 9.59 Å². The van der Waals surface area contributed by atoms with Crippen molar-refractivity contribution >= 4 is 29.1 Å². The smallest absolute Gasteiger partial charge is 0.280 e. The van der Waals surface area contributed by atoms with Crippen LogP contribution in [0.4, 0.5) is 5.69 Å². The van der Waals surface area contributed by atoms with Gasteiger partial charge in [0, 0.05) is 19.3 Å². The van der Waals surface area contributed by atoms with E-state index in [4.69, 9.17) is 16.3 Å². The predicted molar refractivity (Wildman–Crippen MR) is 93.7 cm³/mol. The molecule has 0 bridgehead atoms. The molecule has 2 amide bonds. The second-order valence-electron chi connectivity index (χ2n) is 5.83. The highest BCUT2D eigenvalue weighted by Crippen LogP contribution is 2.37. The molecule has 0 saturated carbocycles. The summed E-state index contributed by atoms with van der Waals surface area (Å²) in [5.41, 5.74) is -0.932. The Morgan fingerprint density at radius 2 is 2.16 bits per heavy atom. The molecule has 1 unspecified atom stereocenters. The molecule has 3 rings (SSSR count). The fraction of sp³-hybridized carbons (Fsp3) is 0.353. The van der Waals surface area contributed by atoms with Crippen molar-refractivity contribution in [3.05, 3.63) is 41.7 Å². The molecule has 0 aliphatic carbocycles. The van der Waals surface area contributed by atoms with E-state index in [0.29, 0.717) is 36.1 Å². The van der Waals surface area contributed by atoms with Gasteiger partial charge in [-0.05, 0) is 26.0 Å². The average molecular weight is 363 g/mol. The van der Waals surface area contributed by atoms with Crippen LogP contribution in [0.25, 0.3) is 0 Å². The number of nitrogens with one attached hydrogen (secondary N) is 1. The molecule has 7 nitrogen and oxygen atoms in total. The maximum atomic E-state index is 12.8. The molecule has 1 aromatic heterocycles. The lowest BCUT2D eigenvalue weighted by atomic mass is 10.00. The van der Waals surface area contributed by atoms with E-state index in [1.54, 1.807) is 27.9 Å². The molecule has 1 aliphatic rings.